The molecule has 0 radical (unpaired) electrons. The van der Waals surface area contributed by atoms with Gasteiger partial charge in [-0.3, -0.25) is 9.59 Å². The van der Waals surface area contributed by atoms with E-state index < -0.39 is 12.1 Å². The zero-order valence-electron chi connectivity index (χ0n) is 24.9. The minimum Gasteiger partial charge on any atom is -0.410 e. The fourth-order valence-electron chi connectivity index (χ4n) is 5.95. The Morgan fingerprint density at radius 2 is 1.63 bits per heavy atom. The molecule has 8 nitrogen and oxygen atoms in total. The number of nitrogens with one attached hydrogen (secondary N) is 1. The van der Waals surface area contributed by atoms with Crippen LogP contribution in [-0.4, -0.2) is 59.6 Å². The van der Waals surface area contributed by atoms with Gasteiger partial charge in [-0.2, -0.15) is 0 Å². The number of carbonyl (C=O) groups is 3. The van der Waals surface area contributed by atoms with Crippen LogP contribution < -0.4 is 10.1 Å². The van der Waals surface area contributed by atoms with Crippen LogP contribution >= 0.6 is 0 Å². The number of aliphatic hydroxyl groups excluding tert-OH is 1. The van der Waals surface area contributed by atoms with E-state index in [0.29, 0.717) is 17.9 Å². The van der Waals surface area contributed by atoms with Crippen LogP contribution in [0.4, 0.5) is 4.79 Å². The van der Waals surface area contributed by atoms with Gasteiger partial charge in [-0.05, 0) is 66.5 Å². The van der Waals surface area contributed by atoms with Crippen LogP contribution in [0.1, 0.15) is 77.5 Å². The molecule has 5 rings (SSSR count). The van der Waals surface area contributed by atoms with Crippen molar-refractivity contribution in [3.63, 3.8) is 0 Å². The first-order valence-corrected chi connectivity index (χ1v) is 15.2. The van der Waals surface area contributed by atoms with E-state index in [-0.39, 0.29) is 36.3 Å². The summed E-state index contributed by atoms with van der Waals surface area (Å²) in [6, 6.07) is 24.2. The molecular formula is C35H41N3O5. The Labute approximate surface area is 253 Å². The molecule has 226 valence electrons. The first-order valence-electron chi connectivity index (χ1n) is 15.2. The van der Waals surface area contributed by atoms with E-state index in [1.807, 2.05) is 42.5 Å². The van der Waals surface area contributed by atoms with Gasteiger partial charge in [0.05, 0.1) is 12.6 Å². The van der Waals surface area contributed by atoms with Crippen molar-refractivity contribution >= 4 is 17.9 Å². The fraction of sp³-hybridized carbons (Fsp3) is 0.400. The summed E-state index contributed by atoms with van der Waals surface area (Å²) in [6.45, 7) is 0.269. The SMILES string of the molecule is CN(C)C(=O)c1cccc(OC(=O)N(Cc2ccc([C@H]3CCCC[C@@H]3C(=O)N[C@@H](CO)c3ccccc3)cc2)C2CC2)c1. The molecule has 0 spiro atoms. The summed E-state index contributed by atoms with van der Waals surface area (Å²) in [6.07, 6.45) is 5.26. The Bertz CT molecular complexity index is 1400. The minimum atomic E-state index is -0.429. The van der Waals surface area contributed by atoms with Gasteiger partial charge in [0.25, 0.3) is 5.91 Å². The maximum atomic E-state index is 13.4. The molecule has 0 bridgehead atoms. The quantitative estimate of drug-likeness (QED) is 0.320. The monoisotopic (exact) mass is 583 g/mol. The summed E-state index contributed by atoms with van der Waals surface area (Å²) in [5, 5.41) is 13.1. The van der Waals surface area contributed by atoms with E-state index in [9.17, 15) is 19.5 Å². The third-order valence-corrected chi connectivity index (χ3v) is 8.48. The molecule has 43 heavy (non-hydrogen) atoms. The van der Waals surface area contributed by atoms with Gasteiger partial charge in [0, 0.05) is 38.2 Å². The minimum absolute atomic E-state index is 0.0179. The number of hydrogen-bond donors (Lipinski definition) is 2. The average molecular weight is 584 g/mol. The normalized spacial score (nSPS) is 18.8. The van der Waals surface area contributed by atoms with Crippen molar-refractivity contribution in [2.24, 2.45) is 5.92 Å². The van der Waals surface area contributed by atoms with Gasteiger partial charge in [0.1, 0.15) is 5.75 Å². The highest BCUT2D eigenvalue weighted by atomic mass is 16.6. The van der Waals surface area contributed by atoms with Crippen LogP contribution in [0.15, 0.2) is 78.9 Å². The Morgan fingerprint density at radius 1 is 0.907 bits per heavy atom. The van der Waals surface area contributed by atoms with Gasteiger partial charge in [0.15, 0.2) is 0 Å². The number of carbonyl (C=O) groups excluding carboxylic acids is 3. The van der Waals surface area contributed by atoms with Gasteiger partial charge in [-0.15, -0.1) is 0 Å². The van der Waals surface area contributed by atoms with Crippen LogP contribution in [0.3, 0.4) is 0 Å². The molecule has 3 aromatic carbocycles. The Hall–Kier alpha value is -4.17. The molecule has 2 aliphatic carbocycles. The topological polar surface area (TPSA) is 99.2 Å². The standard InChI is InChI=1S/C35H41N3O5/c1-37(2)34(41)27-11-8-12-29(21-27)43-35(42)38(28-19-20-28)22-24-15-17-25(18-16-24)30-13-6-7-14-31(30)33(40)36-32(23-39)26-9-4-3-5-10-26/h3-5,8-12,15-18,21,28,30-32,39H,6-7,13-14,19-20,22-23H2,1-2H3,(H,36,40)/t30-,31+,32+/m1/s1. The van der Waals surface area contributed by atoms with Crippen LogP contribution in [0.2, 0.25) is 0 Å². The highest BCUT2D eigenvalue weighted by molar-refractivity contribution is 5.94. The molecule has 3 amide bonds. The number of benzene rings is 3. The van der Waals surface area contributed by atoms with E-state index in [2.05, 4.69) is 17.4 Å². The number of nitrogens with zero attached hydrogens (tertiary/aromatic N) is 2. The van der Waals surface area contributed by atoms with Crippen molar-refractivity contribution in [1.82, 2.24) is 15.1 Å². The molecule has 2 fully saturated rings. The molecule has 3 atom stereocenters. The highest BCUT2D eigenvalue weighted by Crippen LogP contribution is 2.39. The lowest BCUT2D eigenvalue weighted by Crippen LogP contribution is -2.39. The largest absolute Gasteiger partial charge is 0.415 e. The third kappa shape index (κ3) is 7.62. The van der Waals surface area contributed by atoms with Gasteiger partial charge in [0.2, 0.25) is 5.91 Å². The zero-order chi connectivity index (χ0) is 30.3. The summed E-state index contributed by atoms with van der Waals surface area (Å²) in [5.74, 6) is 0.107. The van der Waals surface area contributed by atoms with Crippen LogP contribution in [0.5, 0.6) is 5.75 Å². The summed E-state index contributed by atoms with van der Waals surface area (Å²) in [5.41, 5.74) is 3.46. The van der Waals surface area contributed by atoms with E-state index in [1.165, 1.54) is 4.90 Å². The van der Waals surface area contributed by atoms with E-state index in [4.69, 9.17) is 4.74 Å². The van der Waals surface area contributed by atoms with Gasteiger partial charge in [-0.1, -0.05) is 73.5 Å². The molecule has 3 aromatic rings. The Morgan fingerprint density at radius 3 is 2.30 bits per heavy atom. The van der Waals surface area contributed by atoms with Crippen LogP contribution in [-0.2, 0) is 11.3 Å². The smallest absolute Gasteiger partial charge is 0.410 e. The van der Waals surface area contributed by atoms with Crippen LogP contribution in [0, 0.1) is 5.92 Å². The van der Waals surface area contributed by atoms with Crippen LogP contribution in [0.25, 0.3) is 0 Å². The van der Waals surface area contributed by atoms with E-state index in [1.54, 1.807) is 43.3 Å². The lowest BCUT2D eigenvalue weighted by Gasteiger charge is -2.32. The first-order chi connectivity index (χ1) is 20.8. The molecular weight excluding hydrogens is 542 g/mol. The number of hydrogen-bond acceptors (Lipinski definition) is 5. The van der Waals surface area contributed by atoms with Crippen molar-refractivity contribution in [2.75, 3.05) is 20.7 Å². The van der Waals surface area contributed by atoms with Gasteiger partial charge in [-0.25, -0.2) is 4.79 Å². The second-order valence-electron chi connectivity index (χ2n) is 11.8. The molecule has 0 aromatic heterocycles. The average Bonchev–Trinajstić information content (AvgIpc) is 3.88. The van der Waals surface area contributed by atoms with E-state index >= 15 is 0 Å². The molecule has 0 heterocycles. The van der Waals surface area contributed by atoms with Crippen molar-refractivity contribution in [3.8, 4) is 5.75 Å². The second-order valence-corrected chi connectivity index (χ2v) is 11.8. The number of ether oxygens (including phenoxy) is 1. The van der Waals surface area contributed by atoms with E-state index in [0.717, 1.165) is 55.2 Å². The lowest BCUT2D eigenvalue weighted by atomic mass is 9.74. The predicted molar refractivity (Wildman–Crippen MR) is 165 cm³/mol. The predicted octanol–water partition coefficient (Wildman–Crippen LogP) is 5.68. The molecule has 0 unspecified atom stereocenters. The number of aliphatic hydroxyl groups is 1. The first kappa shape index (κ1) is 30.3. The fourth-order valence-corrected chi connectivity index (χ4v) is 5.95. The summed E-state index contributed by atoms with van der Waals surface area (Å²) in [4.78, 5) is 42.2. The lowest BCUT2D eigenvalue weighted by molar-refractivity contribution is -0.127. The maximum Gasteiger partial charge on any atom is 0.415 e. The second kappa shape index (κ2) is 13.9. The maximum absolute atomic E-state index is 13.4. The highest BCUT2D eigenvalue weighted by Gasteiger charge is 2.35. The molecule has 8 heteroatoms. The van der Waals surface area contributed by atoms with Crippen molar-refractivity contribution in [3.05, 3.63) is 101 Å². The molecule has 2 N–H and O–H groups in total. The Balaban J connectivity index is 1.24. The molecule has 2 aliphatic rings. The summed E-state index contributed by atoms with van der Waals surface area (Å²) >= 11 is 0. The molecule has 0 saturated heterocycles. The van der Waals surface area contributed by atoms with Crippen molar-refractivity contribution in [2.45, 2.75) is 63.1 Å². The Kier molecular flexibility index (Phi) is 9.77. The third-order valence-electron chi connectivity index (χ3n) is 8.48. The summed E-state index contributed by atoms with van der Waals surface area (Å²) < 4.78 is 5.71. The van der Waals surface area contributed by atoms with Crippen molar-refractivity contribution in [1.29, 1.82) is 0 Å². The summed E-state index contributed by atoms with van der Waals surface area (Å²) in [7, 11) is 3.37. The molecule has 0 aliphatic heterocycles. The number of amides is 3. The number of rotatable bonds is 10. The zero-order valence-corrected chi connectivity index (χ0v) is 24.9. The van der Waals surface area contributed by atoms with Gasteiger partial charge >= 0.3 is 6.09 Å². The molecule has 2 saturated carbocycles. The van der Waals surface area contributed by atoms with Crippen molar-refractivity contribution < 1.29 is 24.2 Å². The van der Waals surface area contributed by atoms with Gasteiger partial charge < -0.3 is 25.0 Å².